The van der Waals surface area contributed by atoms with Crippen molar-refractivity contribution >= 4 is 5.97 Å². The summed E-state index contributed by atoms with van der Waals surface area (Å²) in [7, 11) is 1.47. The highest BCUT2D eigenvalue weighted by Crippen LogP contribution is 2.14. The van der Waals surface area contributed by atoms with Crippen LogP contribution in [0.15, 0.2) is 30.3 Å². The maximum Gasteiger partial charge on any atom is 0.323 e. The van der Waals surface area contributed by atoms with E-state index in [9.17, 15) is 4.79 Å². The molecule has 0 aromatic heterocycles. The Balaban J connectivity index is 2.74. The van der Waals surface area contributed by atoms with Gasteiger partial charge in [0, 0.05) is 6.54 Å². The van der Waals surface area contributed by atoms with Gasteiger partial charge in [0.1, 0.15) is 6.04 Å². The number of hydrogen-bond donors (Lipinski definition) is 0. The van der Waals surface area contributed by atoms with Gasteiger partial charge in [-0.2, -0.15) is 0 Å². The standard InChI is InChI=1S/C16H25NO2/c1-4-6-12-15(16(18)19-3)17(5-2)13-14-10-8-7-9-11-14/h7-11,15H,4-6,12-13H2,1-3H3. The molecular formula is C16H25NO2. The molecule has 1 rings (SSSR count). The number of methoxy groups -OCH3 is 1. The lowest BCUT2D eigenvalue weighted by Crippen LogP contribution is -2.41. The molecule has 1 aromatic carbocycles. The molecular weight excluding hydrogens is 238 g/mol. The Morgan fingerprint density at radius 3 is 2.47 bits per heavy atom. The Kier molecular flexibility index (Phi) is 7.19. The summed E-state index contributed by atoms with van der Waals surface area (Å²) in [5.41, 5.74) is 1.23. The van der Waals surface area contributed by atoms with E-state index in [-0.39, 0.29) is 12.0 Å². The highest BCUT2D eigenvalue weighted by molar-refractivity contribution is 5.75. The Morgan fingerprint density at radius 2 is 1.95 bits per heavy atom. The number of unbranched alkanes of at least 4 members (excludes halogenated alkanes) is 1. The largest absolute Gasteiger partial charge is 0.468 e. The van der Waals surface area contributed by atoms with Crippen LogP contribution in [0.2, 0.25) is 0 Å². The molecule has 0 saturated carbocycles. The van der Waals surface area contributed by atoms with Gasteiger partial charge in [0.2, 0.25) is 0 Å². The number of esters is 1. The first-order valence-corrected chi connectivity index (χ1v) is 7.08. The fraction of sp³-hybridized carbons (Fsp3) is 0.562. The lowest BCUT2D eigenvalue weighted by atomic mass is 10.1. The van der Waals surface area contributed by atoms with Crippen LogP contribution in [-0.2, 0) is 16.1 Å². The van der Waals surface area contributed by atoms with Crippen LogP contribution < -0.4 is 0 Å². The number of likely N-dealkylation sites (N-methyl/N-ethyl adjacent to an activating group) is 1. The molecule has 0 amide bonds. The molecule has 1 unspecified atom stereocenters. The molecule has 1 atom stereocenters. The zero-order chi connectivity index (χ0) is 14.1. The van der Waals surface area contributed by atoms with E-state index in [1.165, 1.54) is 12.7 Å². The number of benzene rings is 1. The Hall–Kier alpha value is -1.35. The van der Waals surface area contributed by atoms with E-state index in [1.54, 1.807) is 0 Å². The highest BCUT2D eigenvalue weighted by atomic mass is 16.5. The smallest absolute Gasteiger partial charge is 0.323 e. The van der Waals surface area contributed by atoms with E-state index >= 15 is 0 Å². The second-order valence-electron chi connectivity index (χ2n) is 4.73. The molecule has 0 bridgehead atoms. The maximum absolute atomic E-state index is 11.9. The van der Waals surface area contributed by atoms with Crippen molar-refractivity contribution in [2.24, 2.45) is 0 Å². The Morgan fingerprint density at radius 1 is 1.26 bits per heavy atom. The van der Waals surface area contributed by atoms with Gasteiger partial charge < -0.3 is 4.74 Å². The average molecular weight is 263 g/mol. The van der Waals surface area contributed by atoms with Crippen molar-refractivity contribution in [3.05, 3.63) is 35.9 Å². The SMILES string of the molecule is CCCCC(C(=O)OC)N(CC)Cc1ccccc1. The minimum Gasteiger partial charge on any atom is -0.468 e. The van der Waals surface area contributed by atoms with Crippen molar-refractivity contribution in [2.75, 3.05) is 13.7 Å². The van der Waals surface area contributed by atoms with Gasteiger partial charge in [-0.3, -0.25) is 9.69 Å². The van der Waals surface area contributed by atoms with Crippen LogP contribution in [0.4, 0.5) is 0 Å². The predicted molar refractivity (Wildman–Crippen MR) is 77.9 cm³/mol. The zero-order valence-corrected chi connectivity index (χ0v) is 12.3. The van der Waals surface area contributed by atoms with Gasteiger partial charge >= 0.3 is 5.97 Å². The molecule has 0 N–H and O–H groups in total. The first kappa shape index (κ1) is 15.7. The summed E-state index contributed by atoms with van der Waals surface area (Å²) in [5.74, 6) is -0.119. The topological polar surface area (TPSA) is 29.5 Å². The van der Waals surface area contributed by atoms with Crippen LogP contribution in [0.5, 0.6) is 0 Å². The van der Waals surface area contributed by atoms with Crippen LogP contribution in [0.1, 0.15) is 38.7 Å². The second kappa shape index (κ2) is 8.70. The first-order chi connectivity index (χ1) is 9.22. The third-order valence-corrected chi connectivity index (χ3v) is 3.38. The van der Waals surface area contributed by atoms with Gasteiger partial charge in [-0.1, -0.05) is 57.0 Å². The minimum atomic E-state index is -0.129. The molecule has 1 aromatic rings. The molecule has 19 heavy (non-hydrogen) atoms. The molecule has 3 heteroatoms. The second-order valence-corrected chi connectivity index (χ2v) is 4.73. The zero-order valence-electron chi connectivity index (χ0n) is 12.3. The minimum absolute atomic E-state index is 0.119. The number of hydrogen-bond acceptors (Lipinski definition) is 3. The third kappa shape index (κ3) is 5.03. The van der Waals surface area contributed by atoms with Crippen molar-refractivity contribution in [1.82, 2.24) is 4.90 Å². The van der Waals surface area contributed by atoms with Gasteiger partial charge in [-0.15, -0.1) is 0 Å². The van der Waals surface area contributed by atoms with E-state index in [2.05, 4.69) is 30.9 Å². The van der Waals surface area contributed by atoms with Gasteiger partial charge in [0.25, 0.3) is 0 Å². The van der Waals surface area contributed by atoms with Crippen LogP contribution in [0.25, 0.3) is 0 Å². The summed E-state index contributed by atoms with van der Waals surface area (Å²) >= 11 is 0. The molecule has 0 spiro atoms. The third-order valence-electron chi connectivity index (χ3n) is 3.38. The molecule has 0 radical (unpaired) electrons. The number of nitrogens with zero attached hydrogens (tertiary/aromatic N) is 1. The Bertz CT molecular complexity index is 364. The molecule has 0 aliphatic rings. The summed E-state index contributed by atoms with van der Waals surface area (Å²) < 4.78 is 4.95. The molecule has 3 nitrogen and oxygen atoms in total. The lowest BCUT2D eigenvalue weighted by molar-refractivity contribution is -0.147. The molecule has 0 aliphatic heterocycles. The molecule has 0 saturated heterocycles. The van der Waals surface area contributed by atoms with E-state index in [4.69, 9.17) is 4.74 Å². The van der Waals surface area contributed by atoms with Crippen molar-refractivity contribution in [2.45, 2.75) is 45.7 Å². The number of rotatable bonds is 8. The monoisotopic (exact) mass is 263 g/mol. The van der Waals surface area contributed by atoms with Gasteiger partial charge in [-0.25, -0.2) is 0 Å². The summed E-state index contributed by atoms with van der Waals surface area (Å²) in [6, 6.07) is 10.1. The predicted octanol–water partition coefficient (Wildman–Crippen LogP) is 3.24. The number of ether oxygens (including phenoxy) is 1. The Labute approximate surface area is 116 Å². The fourth-order valence-corrected chi connectivity index (χ4v) is 2.24. The molecule has 0 aliphatic carbocycles. The normalized spacial score (nSPS) is 12.4. The number of carbonyl (C=O) groups excluding carboxylic acids is 1. The van der Waals surface area contributed by atoms with E-state index in [1.807, 2.05) is 18.2 Å². The van der Waals surface area contributed by atoms with E-state index in [0.717, 1.165) is 32.4 Å². The number of carbonyl (C=O) groups is 1. The molecule has 0 heterocycles. The summed E-state index contributed by atoms with van der Waals surface area (Å²) in [4.78, 5) is 14.1. The van der Waals surface area contributed by atoms with Crippen LogP contribution in [0.3, 0.4) is 0 Å². The van der Waals surface area contributed by atoms with Crippen molar-refractivity contribution < 1.29 is 9.53 Å². The highest BCUT2D eigenvalue weighted by Gasteiger charge is 2.25. The average Bonchev–Trinajstić information content (AvgIpc) is 2.46. The van der Waals surface area contributed by atoms with E-state index in [0.29, 0.717) is 0 Å². The van der Waals surface area contributed by atoms with Crippen LogP contribution in [0, 0.1) is 0 Å². The summed E-state index contributed by atoms with van der Waals surface area (Å²) in [6.45, 7) is 5.87. The maximum atomic E-state index is 11.9. The van der Waals surface area contributed by atoms with Crippen molar-refractivity contribution in [1.29, 1.82) is 0 Å². The van der Waals surface area contributed by atoms with Crippen molar-refractivity contribution in [3.63, 3.8) is 0 Å². The molecule has 0 fully saturated rings. The molecule has 106 valence electrons. The van der Waals surface area contributed by atoms with Crippen molar-refractivity contribution in [3.8, 4) is 0 Å². The van der Waals surface area contributed by atoms with E-state index < -0.39 is 0 Å². The summed E-state index contributed by atoms with van der Waals surface area (Å²) in [5, 5.41) is 0. The van der Waals surface area contributed by atoms with Gasteiger partial charge in [-0.05, 0) is 18.5 Å². The van der Waals surface area contributed by atoms with Gasteiger partial charge in [0.15, 0.2) is 0 Å². The quantitative estimate of drug-likeness (QED) is 0.674. The fourth-order valence-electron chi connectivity index (χ4n) is 2.24. The van der Waals surface area contributed by atoms with Crippen LogP contribution in [-0.4, -0.2) is 30.6 Å². The van der Waals surface area contributed by atoms with Gasteiger partial charge in [0.05, 0.1) is 7.11 Å². The first-order valence-electron chi connectivity index (χ1n) is 7.08. The summed E-state index contributed by atoms with van der Waals surface area (Å²) in [6.07, 6.45) is 3.01. The van der Waals surface area contributed by atoms with Crippen LogP contribution >= 0.6 is 0 Å². The lowest BCUT2D eigenvalue weighted by Gasteiger charge is -2.28.